The molecule has 2 heterocycles. The number of ether oxygens (including phenoxy) is 3. The number of para-hydroxylation sites is 1. The molecule has 2 amide bonds. The van der Waals surface area contributed by atoms with Crippen LogP contribution in [0.3, 0.4) is 0 Å². The number of nitrogens with zero attached hydrogens (tertiary/aromatic N) is 1. The fourth-order valence-electron chi connectivity index (χ4n) is 4.06. The summed E-state index contributed by atoms with van der Waals surface area (Å²) in [5.41, 5.74) is 0. The Kier molecular flexibility index (Phi) is 7.95. The molecule has 196 valence electrons. The topological polar surface area (TPSA) is 111 Å². The molecule has 0 aliphatic carbocycles. The Bertz CT molecular complexity index is 1210. The van der Waals surface area contributed by atoms with Gasteiger partial charge in [0, 0.05) is 19.2 Å². The third kappa shape index (κ3) is 6.19. The minimum atomic E-state index is -1.62. The van der Waals surface area contributed by atoms with E-state index in [1.165, 1.54) is 4.90 Å². The highest BCUT2D eigenvalue weighted by molar-refractivity contribution is 5.94. The number of Topliss-reactive ketones (excluding diaryl/α,β-unsaturated/α-hetero) is 1. The molecule has 37 heavy (non-hydrogen) atoms. The largest absolute Gasteiger partial charge is 0.479 e. The number of esters is 1. The van der Waals surface area contributed by atoms with E-state index in [1.54, 1.807) is 30.3 Å². The Hall–Kier alpha value is -4.09. The summed E-state index contributed by atoms with van der Waals surface area (Å²) < 4.78 is 56.9. The molecule has 0 bridgehead atoms. The average molecular weight is 520 g/mol. The van der Waals surface area contributed by atoms with Crippen molar-refractivity contribution in [3.63, 3.8) is 0 Å². The second kappa shape index (κ2) is 11.3. The zero-order valence-electron chi connectivity index (χ0n) is 19.5. The number of likely N-dealkylation sites (tertiary alicyclic amines) is 1. The number of nitrogens with one attached hydrogen (secondary N) is 1. The van der Waals surface area contributed by atoms with Crippen LogP contribution < -0.4 is 19.5 Å². The van der Waals surface area contributed by atoms with Gasteiger partial charge in [0.15, 0.2) is 17.4 Å². The number of amides is 2. The van der Waals surface area contributed by atoms with Crippen LogP contribution in [0.15, 0.2) is 36.4 Å². The van der Waals surface area contributed by atoms with E-state index in [9.17, 15) is 32.3 Å². The second-order valence-corrected chi connectivity index (χ2v) is 8.63. The van der Waals surface area contributed by atoms with Crippen LogP contribution >= 0.6 is 0 Å². The van der Waals surface area contributed by atoms with Crippen LogP contribution in [0.25, 0.3) is 0 Å². The number of halogens is 3. The molecule has 9 nitrogen and oxygen atoms in total. The number of rotatable bonds is 3. The average Bonchev–Trinajstić information content (AvgIpc) is 3.10. The number of hydrogen-bond donors (Lipinski definition) is 1. The maximum Gasteiger partial charge on any atom is 0.415 e. The van der Waals surface area contributed by atoms with Crippen LogP contribution in [0, 0.1) is 23.4 Å². The maximum atomic E-state index is 14.1. The molecule has 4 rings (SSSR count). The van der Waals surface area contributed by atoms with E-state index in [0.717, 1.165) is 0 Å². The summed E-state index contributed by atoms with van der Waals surface area (Å²) in [7, 11) is 0. The molecule has 0 aromatic heterocycles. The number of carbonyl (C=O) groups is 4. The van der Waals surface area contributed by atoms with Crippen molar-refractivity contribution >= 4 is 23.8 Å². The van der Waals surface area contributed by atoms with Gasteiger partial charge in [0.2, 0.25) is 23.2 Å². The first-order valence-electron chi connectivity index (χ1n) is 11.6. The highest BCUT2D eigenvalue weighted by Crippen LogP contribution is 2.36. The maximum absolute atomic E-state index is 14.1. The molecule has 2 atom stereocenters. The van der Waals surface area contributed by atoms with Gasteiger partial charge in [-0.3, -0.25) is 14.4 Å². The summed E-state index contributed by atoms with van der Waals surface area (Å²) in [5.74, 6) is -9.62. The van der Waals surface area contributed by atoms with Crippen molar-refractivity contribution in [2.45, 2.75) is 31.7 Å². The summed E-state index contributed by atoms with van der Waals surface area (Å²) in [4.78, 5) is 52.1. The Balaban J connectivity index is 1.44. The van der Waals surface area contributed by atoms with Gasteiger partial charge < -0.3 is 24.4 Å². The van der Waals surface area contributed by atoms with Crippen molar-refractivity contribution in [1.82, 2.24) is 10.2 Å². The molecule has 0 saturated carbocycles. The lowest BCUT2D eigenvalue weighted by molar-refractivity contribution is -0.138. The molecule has 2 aliphatic heterocycles. The van der Waals surface area contributed by atoms with E-state index in [2.05, 4.69) is 5.32 Å². The predicted molar refractivity (Wildman–Crippen MR) is 120 cm³/mol. The number of benzene rings is 2. The molecule has 2 unspecified atom stereocenters. The molecule has 1 fully saturated rings. The molecule has 1 saturated heterocycles. The van der Waals surface area contributed by atoms with Crippen LogP contribution in [0.1, 0.15) is 25.7 Å². The van der Waals surface area contributed by atoms with Crippen LogP contribution in [0.2, 0.25) is 0 Å². The standard InChI is InChI=1S/C25H23F3N2O7/c26-16-10-17(27)22-23(21(16)28)35-13-19(31)18(11-20(32)37-22)29-24(33)14-6-4-5-9-30(12-14)25(34)36-15-7-2-1-3-8-15/h1-3,7-8,10,14,18H,4-6,9,11-13H2,(H,29,33). The minimum absolute atomic E-state index is 0.0144. The molecular weight excluding hydrogens is 497 g/mol. The van der Waals surface area contributed by atoms with Crippen molar-refractivity contribution in [1.29, 1.82) is 0 Å². The first kappa shape index (κ1) is 26.0. The van der Waals surface area contributed by atoms with E-state index in [4.69, 9.17) is 14.2 Å². The lowest BCUT2D eigenvalue weighted by Crippen LogP contribution is -2.49. The fraction of sp³-hybridized carbons (Fsp3) is 0.360. The highest BCUT2D eigenvalue weighted by Gasteiger charge is 2.34. The third-order valence-corrected chi connectivity index (χ3v) is 5.98. The van der Waals surface area contributed by atoms with Crippen molar-refractivity contribution < 1.29 is 46.6 Å². The van der Waals surface area contributed by atoms with Crippen LogP contribution in [0.5, 0.6) is 17.2 Å². The summed E-state index contributed by atoms with van der Waals surface area (Å²) in [6, 6.07) is 7.18. The molecular formula is C25H23F3N2O7. The van der Waals surface area contributed by atoms with Crippen molar-refractivity contribution in [3.8, 4) is 17.2 Å². The summed E-state index contributed by atoms with van der Waals surface area (Å²) in [6.07, 6.45) is 0.330. The van der Waals surface area contributed by atoms with Crippen LogP contribution in [0.4, 0.5) is 18.0 Å². The Labute approximate surface area is 209 Å². The fourth-order valence-corrected chi connectivity index (χ4v) is 4.06. The third-order valence-electron chi connectivity index (χ3n) is 5.98. The number of carbonyl (C=O) groups excluding carboxylic acids is 4. The summed E-state index contributed by atoms with van der Waals surface area (Å²) in [6.45, 7) is -0.501. The summed E-state index contributed by atoms with van der Waals surface area (Å²) >= 11 is 0. The van der Waals surface area contributed by atoms with Gasteiger partial charge in [-0.25, -0.2) is 13.6 Å². The monoisotopic (exact) mass is 520 g/mol. The van der Waals surface area contributed by atoms with Crippen molar-refractivity contribution in [2.24, 2.45) is 5.92 Å². The number of fused-ring (bicyclic) bond motifs is 1. The SMILES string of the molecule is O=C1CC(NC(=O)C2CCCCN(C(=O)Oc3ccccc3)C2)C(=O)COc2c(F)c(F)cc(F)c2O1. The highest BCUT2D eigenvalue weighted by atomic mass is 19.2. The van der Waals surface area contributed by atoms with Crippen molar-refractivity contribution in [2.75, 3.05) is 19.7 Å². The minimum Gasteiger partial charge on any atom is -0.479 e. The van der Waals surface area contributed by atoms with Crippen molar-refractivity contribution in [3.05, 3.63) is 53.8 Å². The molecule has 0 radical (unpaired) electrons. The second-order valence-electron chi connectivity index (χ2n) is 8.63. The number of hydrogen-bond acceptors (Lipinski definition) is 7. The van der Waals surface area contributed by atoms with E-state index >= 15 is 0 Å². The molecule has 1 N–H and O–H groups in total. The van der Waals surface area contributed by atoms with Gasteiger partial charge in [-0.15, -0.1) is 0 Å². The van der Waals surface area contributed by atoms with E-state index in [1.807, 2.05) is 0 Å². The van der Waals surface area contributed by atoms with E-state index in [0.29, 0.717) is 31.6 Å². The molecule has 12 heteroatoms. The van der Waals surface area contributed by atoms with Crippen LogP contribution in [-0.2, 0) is 14.4 Å². The Morgan fingerprint density at radius 3 is 2.54 bits per heavy atom. The van der Waals surface area contributed by atoms with E-state index in [-0.39, 0.29) is 12.6 Å². The van der Waals surface area contributed by atoms with Gasteiger partial charge in [0.05, 0.1) is 12.3 Å². The first-order valence-corrected chi connectivity index (χ1v) is 11.6. The predicted octanol–water partition coefficient (Wildman–Crippen LogP) is 3.15. The van der Waals surface area contributed by atoms with Gasteiger partial charge in [-0.05, 0) is 25.0 Å². The van der Waals surface area contributed by atoms with E-state index < -0.39 is 77.7 Å². The quantitative estimate of drug-likeness (QED) is 0.376. The zero-order chi connectivity index (χ0) is 26.5. The molecule has 2 aromatic carbocycles. The molecule has 0 spiro atoms. The van der Waals surface area contributed by atoms with Gasteiger partial charge in [0.25, 0.3) is 0 Å². The lowest BCUT2D eigenvalue weighted by Gasteiger charge is -2.25. The number of ketones is 1. The summed E-state index contributed by atoms with van der Waals surface area (Å²) in [5, 5.41) is 2.46. The molecule has 2 aliphatic rings. The van der Waals surface area contributed by atoms with Gasteiger partial charge >= 0.3 is 12.1 Å². The van der Waals surface area contributed by atoms with Gasteiger partial charge in [0.1, 0.15) is 18.4 Å². The zero-order valence-corrected chi connectivity index (χ0v) is 19.5. The Morgan fingerprint density at radius 2 is 1.78 bits per heavy atom. The van der Waals surface area contributed by atoms with Gasteiger partial charge in [-0.2, -0.15) is 4.39 Å². The first-order chi connectivity index (χ1) is 17.7. The molecule has 2 aromatic rings. The van der Waals surface area contributed by atoms with Crippen LogP contribution in [-0.4, -0.2) is 54.4 Å². The smallest absolute Gasteiger partial charge is 0.415 e. The lowest BCUT2D eigenvalue weighted by atomic mass is 10.0. The Morgan fingerprint density at radius 1 is 1.03 bits per heavy atom. The normalized spacial score (nSPS) is 20.2. The van der Waals surface area contributed by atoms with Gasteiger partial charge in [-0.1, -0.05) is 24.6 Å².